The third-order valence-corrected chi connectivity index (χ3v) is 4.90. The van der Waals surface area contributed by atoms with Crippen molar-refractivity contribution in [3.05, 3.63) is 39.4 Å². The summed E-state index contributed by atoms with van der Waals surface area (Å²) in [6.07, 6.45) is 4.48. The van der Waals surface area contributed by atoms with E-state index in [1.165, 1.54) is 17.7 Å². The molecule has 22 heavy (non-hydrogen) atoms. The molecule has 1 aliphatic carbocycles. The molecule has 0 saturated carbocycles. The molecule has 1 amide bonds. The molecule has 0 aliphatic heterocycles. The zero-order valence-corrected chi connectivity index (χ0v) is 13.9. The van der Waals surface area contributed by atoms with E-state index in [4.69, 9.17) is 16.3 Å². The topological polar surface area (TPSA) is 51.2 Å². The van der Waals surface area contributed by atoms with Crippen molar-refractivity contribution in [2.24, 2.45) is 0 Å². The Hall–Kier alpha value is -1.59. The SMILES string of the molecule is Cc1cc(Cl)ccc1OCC(=O)Nc1nc2c(s1)CCCC2. The maximum atomic E-state index is 12.0. The number of aryl methyl sites for hydroxylation is 3. The average Bonchev–Trinajstić information content (AvgIpc) is 2.88. The van der Waals surface area contributed by atoms with E-state index in [2.05, 4.69) is 10.3 Å². The Kier molecular flexibility index (Phi) is 4.64. The van der Waals surface area contributed by atoms with E-state index in [-0.39, 0.29) is 12.5 Å². The predicted molar refractivity (Wildman–Crippen MR) is 89.1 cm³/mol. The number of amides is 1. The highest BCUT2D eigenvalue weighted by molar-refractivity contribution is 7.15. The second-order valence-corrected chi connectivity index (χ2v) is 6.86. The molecule has 0 saturated heterocycles. The summed E-state index contributed by atoms with van der Waals surface area (Å²) in [5.41, 5.74) is 2.05. The van der Waals surface area contributed by atoms with Crippen LogP contribution < -0.4 is 10.1 Å². The van der Waals surface area contributed by atoms with Crippen LogP contribution in [-0.2, 0) is 17.6 Å². The van der Waals surface area contributed by atoms with E-state index in [1.54, 1.807) is 23.5 Å². The van der Waals surface area contributed by atoms with Crippen molar-refractivity contribution in [2.45, 2.75) is 32.6 Å². The van der Waals surface area contributed by atoms with Gasteiger partial charge in [-0.25, -0.2) is 4.98 Å². The van der Waals surface area contributed by atoms with Gasteiger partial charge in [-0.1, -0.05) is 11.6 Å². The molecule has 116 valence electrons. The Morgan fingerprint density at radius 1 is 1.41 bits per heavy atom. The van der Waals surface area contributed by atoms with Crippen LogP contribution >= 0.6 is 22.9 Å². The molecule has 0 unspecified atom stereocenters. The first kappa shape index (κ1) is 15.3. The van der Waals surface area contributed by atoms with Gasteiger partial charge >= 0.3 is 0 Å². The van der Waals surface area contributed by atoms with E-state index in [9.17, 15) is 4.79 Å². The maximum absolute atomic E-state index is 12.0. The highest BCUT2D eigenvalue weighted by Gasteiger charge is 2.16. The molecule has 6 heteroatoms. The van der Waals surface area contributed by atoms with Gasteiger partial charge in [-0.15, -0.1) is 11.3 Å². The fourth-order valence-electron chi connectivity index (χ4n) is 2.48. The highest BCUT2D eigenvalue weighted by Crippen LogP contribution is 2.29. The molecular weight excluding hydrogens is 320 g/mol. The van der Waals surface area contributed by atoms with Crippen LogP contribution in [0.4, 0.5) is 5.13 Å². The molecule has 0 fully saturated rings. The second-order valence-electron chi connectivity index (χ2n) is 5.34. The van der Waals surface area contributed by atoms with Gasteiger partial charge in [-0.3, -0.25) is 10.1 Å². The zero-order chi connectivity index (χ0) is 15.5. The smallest absolute Gasteiger partial charge is 0.264 e. The number of nitrogens with zero attached hydrogens (tertiary/aromatic N) is 1. The molecule has 2 aromatic rings. The minimum atomic E-state index is -0.194. The van der Waals surface area contributed by atoms with E-state index < -0.39 is 0 Å². The van der Waals surface area contributed by atoms with Gasteiger partial charge in [0.2, 0.25) is 0 Å². The van der Waals surface area contributed by atoms with Gasteiger partial charge in [0.25, 0.3) is 5.91 Å². The Morgan fingerprint density at radius 3 is 3.00 bits per heavy atom. The van der Waals surface area contributed by atoms with Gasteiger partial charge in [0.15, 0.2) is 11.7 Å². The number of carbonyl (C=O) groups excluding carboxylic acids is 1. The number of fused-ring (bicyclic) bond motifs is 1. The van der Waals surface area contributed by atoms with Gasteiger partial charge < -0.3 is 4.74 Å². The van der Waals surface area contributed by atoms with Crippen LogP contribution in [0.15, 0.2) is 18.2 Å². The number of hydrogen-bond donors (Lipinski definition) is 1. The molecule has 0 radical (unpaired) electrons. The van der Waals surface area contributed by atoms with E-state index in [0.29, 0.717) is 15.9 Å². The van der Waals surface area contributed by atoms with Crippen molar-refractivity contribution in [1.29, 1.82) is 0 Å². The lowest BCUT2D eigenvalue weighted by atomic mass is 10.0. The van der Waals surface area contributed by atoms with Crippen molar-refractivity contribution in [3.63, 3.8) is 0 Å². The lowest BCUT2D eigenvalue weighted by molar-refractivity contribution is -0.118. The van der Waals surface area contributed by atoms with E-state index in [1.807, 2.05) is 13.0 Å². The van der Waals surface area contributed by atoms with E-state index >= 15 is 0 Å². The molecule has 1 aliphatic rings. The summed E-state index contributed by atoms with van der Waals surface area (Å²) < 4.78 is 5.53. The second kappa shape index (κ2) is 6.67. The van der Waals surface area contributed by atoms with Gasteiger partial charge in [-0.05, 0) is 56.4 Å². The summed E-state index contributed by atoms with van der Waals surface area (Å²) in [4.78, 5) is 17.8. The van der Waals surface area contributed by atoms with Crippen LogP contribution in [0.25, 0.3) is 0 Å². The van der Waals surface area contributed by atoms with Crippen LogP contribution in [-0.4, -0.2) is 17.5 Å². The summed E-state index contributed by atoms with van der Waals surface area (Å²) in [6.45, 7) is 1.86. The molecule has 4 nitrogen and oxygen atoms in total. The largest absolute Gasteiger partial charge is 0.483 e. The quantitative estimate of drug-likeness (QED) is 0.918. The maximum Gasteiger partial charge on any atom is 0.264 e. The summed E-state index contributed by atoms with van der Waals surface area (Å²) in [5, 5.41) is 4.15. The summed E-state index contributed by atoms with van der Waals surface area (Å²) in [7, 11) is 0. The Morgan fingerprint density at radius 2 is 2.23 bits per heavy atom. The normalized spacial score (nSPS) is 13.5. The molecule has 0 bridgehead atoms. The molecular formula is C16H17ClN2O2S. The number of aromatic nitrogens is 1. The Balaban J connectivity index is 1.57. The Labute approximate surface area is 138 Å². The van der Waals surface area contributed by atoms with Crippen LogP contribution in [0.1, 0.15) is 29.0 Å². The van der Waals surface area contributed by atoms with Crippen molar-refractivity contribution in [2.75, 3.05) is 11.9 Å². The molecule has 1 heterocycles. The first-order valence-electron chi connectivity index (χ1n) is 7.29. The van der Waals surface area contributed by atoms with Gasteiger partial charge in [-0.2, -0.15) is 0 Å². The lowest BCUT2D eigenvalue weighted by Crippen LogP contribution is -2.20. The minimum absolute atomic E-state index is 0.0350. The first-order chi connectivity index (χ1) is 10.6. The van der Waals surface area contributed by atoms with Gasteiger partial charge in [0.1, 0.15) is 5.75 Å². The molecule has 0 spiro atoms. The molecule has 3 rings (SSSR count). The number of nitrogens with one attached hydrogen (secondary N) is 1. The van der Waals surface area contributed by atoms with Crippen LogP contribution in [0, 0.1) is 6.92 Å². The van der Waals surface area contributed by atoms with Crippen molar-refractivity contribution in [1.82, 2.24) is 4.98 Å². The number of ether oxygens (including phenoxy) is 1. The number of anilines is 1. The number of rotatable bonds is 4. The fourth-order valence-corrected chi connectivity index (χ4v) is 3.77. The highest BCUT2D eigenvalue weighted by atomic mass is 35.5. The van der Waals surface area contributed by atoms with Gasteiger partial charge in [0.05, 0.1) is 5.69 Å². The molecule has 1 aromatic heterocycles. The third kappa shape index (κ3) is 3.59. The number of thiazole rings is 1. The minimum Gasteiger partial charge on any atom is -0.483 e. The van der Waals surface area contributed by atoms with Gasteiger partial charge in [0, 0.05) is 9.90 Å². The molecule has 1 N–H and O–H groups in total. The number of carbonyl (C=O) groups is 1. The van der Waals surface area contributed by atoms with Crippen molar-refractivity contribution >= 4 is 34.0 Å². The average molecular weight is 337 g/mol. The number of hydrogen-bond acceptors (Lipinski definition) is 4. The standard InChI is InChI=1S/C16H17ClN2O2S/c1-10-8-11(17)6-7-13(10)21-9-15(20)19-16-18-12-4-2-3-5-14(12)22-16/h6-8H,2-5,9H2,1H3,(H,18,19,20). The van der Waals surface area contributed by atoms with Crippen LogP contribution in [0.2, 0.25) is 5.02 Å². The van der Waals surface area contributed by atoms with Crippen molar-refractivity contribution < 1.29 is 9.53 Å². The summed E-state index contributed by atoms with van der Waals surface area (Å²) in [5.74, 6) is 0.471. The molecule has 0 atom stereocenters. The first-order valence-corrected chi connectivity index (χ1v) is 8.48. The lowest BCUT2D eigenvalue weighted by Gasteiger charge is -2.08. The monoisotopic (exact) mass is 336 g/mol. The third-order valence-electron chi connectivity index (χ3n) is 3.59. The summed E-state index contributed by atoms with van der Waals surface area (Å²) in [6, 6.07) is 5.33. The van der Waals surface area contributed by atoms with Crippen molar-refractivity contribution in [3.8, 4) is 5.75 Å². The van der Waals surface area contributed by atoms with Crippen LogP contribution in [0.3, 0.4) is 0 Å². The Bertz CT molecular complexity index is 676. The number of halogens is 1. The predicted octanol–water partition coefficient (Wildman–Crippen LogP) is 4.00. The van der Waals surface area contributed by atoms with E-state index in [0.717, 1.165) is 24.1 Å². The summed E-state index contributed by atoms with van der Waals surface area (Å²) >= 11 is 7.47. The van der Waals surface area contributed by atoms with Crippen LogP contribution in [0.5, 0.6) is 5.75 Å². The zero-order valence-electron chi connectivity index (χ0n) is 12.3. The fraction of sp³-hybridized carbons (Fsp3) is 0.375. The number of benzene rings is 1. The molecule has 1 aromatic carbocycles.